The zero-order valence-electron chi connectivity index (χ0n) is 14.4. The average molecular weight is 354 g/mol. The summed E-state index contributed by atoms with van der Waals surface area (Å²) in [5, 5.41) is 8.04. The normalized spacial score (nSPS) is 13.4. The van der Waals surface area contributed by atoms with Gasteiger partial charge < -0.3 is 10.6 Å². The van der Waals surface area contributed by atoms with Gasteiger partial charge in [0.1, 0.15) is 6.04 Å². The molecule has 0 heterocycles. The number of benzene rings is 3. The molecule has 2 atom stereocenters. The third-order valence-electron chi connectivity index (χ3n) is 4.38. The molecule has 3 aromatic carbocycles. The minimum atomic E-state index is -0.208. The quantitative estimate of drug-likeness (QED) is 0.711. The van der Waals surface area contributed by atoms with E-state index in [0.29, 0.717) is 5.02 Å². The third-order valence-corrected chi connectivity index (χ3v) is 4.62. The summed E-state index contributed by atoms with van der Waals surface area (Å²) in [5.74, 6) is -0.0100. The first-order chi connectivity index (χ1) is 12.0. The standard InChI is InChI=1S/C21H21ClN2O/c1-14(17-8-5-9-19(22)12-17)23-15(2)21(25)24-20-11-10-16-6-3-4-7-18(16)13-20/h3-15,23H,1-2H3,(H,24,25)/p+1/t14-,15-/m0/s1. The van der Waals surface area contributed by atoms with Gasteiger partial charge in [0.25, 0.3) is 5.91 Å². The molecule has 3 aromatic rings. The Morgan fingerprint density at radius 1 is 0.960 bits per heavy atom. The lowest BCUT2D eigenvalue weighted by Gasteiger charge is -2.17. The number of rotatable bonds is 5. The Morgan fingerprint density at radius 2 is 1.72 bits per heavy atom. The largest absolute Gasteiger partial charge is 0.330 e. The van der Waals surface area contributed by atoms with Gasteiger partial charge in [0.2, 0.25) is 0 Å². The molecule has 3 rings (SSSR count). The zero-order chi connectivity index (χ0) is 17.8. The highest BCUT2D eigenvalue weighted by atomic mass is 35.5. The third kappa shape index (κ3) is 4.38. The van der Waals surface area contributed by atoms with E-state index >= 15 is 0 Å². The summed E-state index contributed by atoms with van der Waals surface area (Å²) in [4.78, 5) is 12.5. The minimum Gasteiger partial charge on any atom is -0.330 e. The average Bonchev–Trinajstić information content (AvgIpc) is 2.61. The van der Waals surface area contributed by atoms with Crippen molar-refractivity contribution in [3.8, 4) is 0 Å². The Morgan fingerprint density at radius 3 is 2.48 bits per heavy atom. The molecule has 0 saturated heterocycles. The Labute approximate surface area is 153 Å². The number of carbonyl (C=O) groups excluding carboxylic acids is 1. The monoisotopic (exact) mass is 353 g/mol. The zero-order valence-corrected chi connectivity index (χ0v) is 15.1. The molecule has 25 heavy (non-hydrogen) atoms. The second-order valence-electron chi connectivity index (χ2n) is 6.38. The van der Waals surface area contributed by atoms with Gasteiger partial charge in [-0.3, -0.25) is 4.79 Å². The predicted octanol–water partition coefficient (Wildman–Crippen LogP) is 4.14. The summed E-state index contributed by atoms with van der Waals surface area (Å²) in [6.07, 6.45) is 0. The molecule has 0 fully saturated rings. The minimum absolute atomic E-state index is 0.0100. The number of halogens is 1. The van der Waals surface area contributed by atoms with Crippen molar-refractivity contribution in [2.75, 3.05) is 5.32 Å². The SMILES string of the molecule is C[C@H]([NH2+][C@@H](C)c1cccc(Cl)c1)C(=O)Nc1ccc2ccccc2c1. The van der Waals surface area contributed by atoms with E-state index in [1.165, 1.54) is 0 Å². The Balaban J connectivity index is 1.65. The van der Waals surface area contributed by atoms with Crippen LogP contribution in [0.5, 0.6) is 0 Å². The highest BCUT2D eigenvalue weighted by molar-refractivity contribution is 6.30. The Hall–Kier alpha value is -2.36. The maximum atomic E-state index is 12.5. The van der Waals surface area contributed by atoms with Crippen LogP contribution in [-0.4, -0.2) is 11.9 Å². The molecule has 0 aromatic heterocycles. The summed E-state index contributed by atoms with van der Waals surface area (Å²) < 4.78 is 0. The first-order valence-corrected chi connectivity index (χ1v) is 8.81. The van der Waals surface area contributed by atoms with E-state index in [9.17, 15) is 4.79 Å². The maximum absolute atomic E-state index is 12.5. The van der Waals surface area contributed by atoms with E-state index in [4.69, 9.17) is 11.6 Å². The summed E-state index contributed by atoms with van der Waals surface area (Å²) in [7, 11) is 0. The van der Waals surface area contributed by atoms with Gasteiger partial charge in [-0.15, -0.1) is 0 Å². The molecule has 0 unspecified atom stereocenters. The van der Waals surface area contributed by atoms with Crippen LogP contribution < -0.4 is 10.6 Å². The second kappa shape index (κ2) is 7.68. The van der Waals surface area contributed by atoms with Gasteiger partial charge in [0.15, 0.2) is 6.04 Å². The van der Waals surface area contributed by atoms with Gasteiger partial charge in [-0.2, -0.15) is 0 Å². The van der Waals surface area contributed by atoms with Crippen LogP contribution in [-0.2, 0) is 4.79 Å². The molecule has 0 saturated carbocycles. The van der Waals surface area contributed by atoms with E-state index in [2.05, 4.69) is 18.3 Å². The number of hydrogen-bond donors (Lipinski definition) is 2. The van der Waals surface area contributed by atoms with E-state index in [0.717, 1.165) is 22.0 Å². The molecule has 0 radical (unpaired) electrons. The van der Waals surface area contributed by atoms with Gasteiger partial charge in [-0.1, -0.05) is 54.1 Å². The van der Waals surface area contributed by atoms with Crippen molar-refractivity contribution in [1.82, 2.24) is 0 Å². The van der Waals surface area contributed by atoms with E-state index in [1.54, 1.807) is 0 Å². The van der Waals surface area contributed by atoms with Crippen LogP contribution in [0.3, 0.4) is 0 Å². The number of carbonyl (C=O) groups is 1. The van der Waals surface area contributed by atoms with Crippen LogP contribution in [0.2, 0.25) is 5.02 Å². The van der Waals surface area contributed by atoms with Crippen LogP contribution in [0.15, 0.2) is 66.7 Å². The van der Waals surface area contributed by atoms with Gasteiger partial charge in [0.05, 0.1) is 0 Å². The maximum Gasteiger partial charge on any atom is 0.282 e. The number of nitrogens with two attached hydrogens (primary N) is 1. The van der Waals surface area contributed by atoms with Crippen LogP contribution >= 0.6 is 11.6 Å². The number of fused-ring (bicyclic) bond motifs is 1. The van der Waals surface area contributed by atoms with Crippen LogP contribution in [0.4, 0.5) is 5.69 Å². The van der Waals surface area contributed by atoms with Crippen molar-refractivity contribution in [2.45, 2.75) is 25.9 Å². The lowest BCUT2D eigenvalue weighted by molar-refractivity contribution is -0.709. The van der Waals surface area contributed by atoms with Gasteiger partial charge in [-0.05, 0) is 48.9 Å². The molecule has 0 bridgehead atoms. The van der Waals surface area contributed by atoms with E-state index < -0.39 is 0 Å². The molecule has 4 heteroatoms. The molecule has 3 N–H and O–H groups in total. The summed E-state index contributed by atoms with van der Waals surface area (Å²) in [6.45, 7) is 3.99. The highest BCUT2D eigenvalue weighted by Crippen LogP contribution is 2.19. The van der Waals surface area contributed by atoms with Crippen molar-refractivity contribution in [2.24, 2.45) is 0 Å². The van der Waals surface area contributed by atoms with Crippen molar-refractivity contribution >= 4 is 34.0 Å². The second-order valence-corrected chi connectivity index (χ2v) is 6.81. The van der Waals surface area contributed by atoms with Crippen molar-refractivity contribution < 1.29 is 10.1 Å². The smallest absolute Gasteiger partial charge is 0.282 e. The van der Waals surface area contributed by atoms with Crippen molar-refractivity contribution in [1.29, 1.82) is 0 Å². The number of nitrogens with one attached hydrogen (secondary N) is 1. The van der Waals surface area contributed by atoms with Crippen molar-refractivity contribution in [3.63, 3.8) is 0 Å². The Kier molecular flexibility index (Phi) is 5.37. The molecule has 0 aliphatic carbocycles. The fourth-order valence-electron chi connectivity index (χ4n) is 2.94. The van der Waals surface area contributed by atoms with E-state index in [-0.39, 0.29) is 18.0 Å². The highest BCUT2D eigenvalue weighted by Gasteiger charge is 2.20. The topological polar surface area (TPSA) is 45.7 Å². The van der Waals surface area contributed by atoms with Crippen LogP contribution in [0, 0.1) is 0 Å². The lowest BCUT2D eigenvalue weighted by atomic mass is 10.1. The summed E-state index contributed by atoms with van der Waals surface area (Å²) in [5.41, 5.74) is 1.93. The summed E-state index contributed by atoms with van der Waals surface area (Å²) >= 11 is 6.05. The molecule has 1 amide bonds. The van der Waals surface area contributed by atoms with Crippen LogP contribution in [0.1, 0.15) is 25.5 Å². The molecule has 0 aliphatic rings. The van der Waals surface area contributed by atoms with Gasteiger partial charge in [0, 0.05) is 16.3 Å². The summed E-state index contributed by atoms with van der Waals surface area (Å²) in [6, 6.07) is 21.8. The molecular formula is C21H22ClN2O+. The molecule has 0 aliphatic heterocycles. The lowest BCUT2D eigenvalue weighted by Crippen LogP contribution is -2.91. The fraction of sp³-hybridized carbons (Fsp3) is 0.190. The van der Waals surface area contributed by atoms with Gasteiger partial charge >= 0.3 is 0 Å². The molecular weight excluding hydrogens is 332 g/mol. The first kappa shape index (κ1) is 17.5. The number of anilines is 1. The van der Waals surface area contributed by atoms with Crippen LogP contribution in [0.25, 0.3) is 10.8 Å². The molecule has 0 spiro atoms. The van der Waals surface area contributed by atoms with E-state index in [1.807, 2.05) is 72.9 Å². The molecule has 3 nitrogen and oxygen atoms in total. The fourth-order valence-corrected chi connectivity index (χ4v) is 3.14. The van der Waals surface area contributed by atoms with Crippen molar-refractivity contribution in [3.05, 3.63) is 77.3 Å². The molecule has 128 valence electrons. The predicted molar refractivity (Wildman–Crippen MR) is 104 cm³/mol. The number of amides is 1. The van der Waals surface area contributed by atoms with Gasteiger partial charge in [-0.25, -0.2) is 0 Å². The Bertz CT molecular complexity index is 894. The first-order valence-electron chi connectivity index (χ1n) is 8.43. The number of hydrogen-bond acceptors (Lipinski definition) is 1. The number of quaternary nitrogens is 1.